The molecule has 0 bridgehead atoms. The fourth-order valence-electron chi connectivity index (χ4n) is 2.22. The van der Waals surface area contributed by atoms with Crippen LogP contribution in [0.25, 0.3) is 11.1 Å². The fraction of sp³-hybridized carbons (Fsp3) is 0.385. The number of hydrogen-bond donors (Lipinski definition) is 0. The zero-order valence-electron chi connectivity index (χ0n) is 9.80. The Bertz CT molecular complexity index is 575. The summed E-state index contributed by atoms with van der Waals surface area (Å²) < 4.78 is 17.9. The second-order valence-corrected chi connectivity index (χ2v) is 4.67. The normalized spacial score (nSPS) is 16.9. The van der Waals surface area contributed by atoms with Gasteiger partial charge in [-0.1, -0.05) is 0 Å². The van der Waals surface area contributed by atoms with Crippen LogP contribution < -0.4 is 0 Å². The molecule has 1 saturated heterocycles. The largest absolute Gasteiger partial charge is 0.439 e. The van der Waals surface area contributed by atoms with E-state index in [-0.39, 0.29) is 12.6 Å². The van der Waals surface area contributed by atoms with Gasteiger partial charge in [0, 0.05) is 24.6 Å². The van der Waals surface area contributed by atoms with Crippen LogP contribution >= 0.6 is 0 Å². The van der Waals surface area contributed by atoms with E-state index in [1.54, 1.807) is 18.2 Å². The van der Waals surface area contributed by atoms with Gasteiger partial charge >= 0.3 is 0 Å². The molecule has 3 rings (SSSR count). The van der Waals surface area contributed by atoms with Crippen LogP contribution in [-0.2, 0) is 6.54 Å². The Labute approximate surface area is 103 Å². The van der Waals surface area contributed by atoms with Gasteiger partial charge in [0.2, 0.25) is 5.89 Å². The third-order valence-corrected chi connectivity index (χ3v) is 3.20. The number of oxazole rings is 1. The maximum absolute atomic E-state index is 12.3. The van der Waals surface area contributed by atoms with E-state index >= 15 is 0 Å². The number of carbonyl (C=O) groups excluding carboxylic acids is 1. The van der Waals surface area contributed by atoms with Gasteiger partial charge in [0.15, 0.2) is 5.58 Å². The highest BCUT2D eigenvalue weighted by atomic mass is 19.1. The monoisotopic (exact) mass is 248 g/mol. The number of likely N-dealkylation sites (tertiary alicyclic amines) is 1. The second-order valence-electron chi connectivity index (χ2n) is 4.67. The lowest BCUT2D eigenvalue weighted by Gasteiger charge is -2.36. The summed E-state index contributed by atoms with van der Waals surface area (Å²) in [5.74, 6) is 0.779. The average molecular weight is 248 g/mol. The smallest absolute Gasteiger partial charge is 0.209 e. The van der Waals surface area contributed by atoms with Gasteiger partial charge in [0.1, 0.15) is 11.8 Å². The number of benzene rings is 1. The summed E-state index contributed by atoms with van der Waals surface area (Å²) in [4.78, 5) is 17.1. The molecular weight excluding hydrogens is 235 g/mol. The van der Waals surface area contributed by atoms with Crippen molar-refractivity contribution in [3.8, 4) is 0 Å². The summed E-state index contributed by atoms with van der Waals surface area (Å²) in [6.45, 7) is 1.86. The van der Waals surface area contributed by atoms with Crippen molar-refractivity contribution in [3.05, 3.63) is 29.7 Å². The Hall–Kier alpha value is -1.75. The number of fused-ring (bicyclic) bond motifs is 1. The third-order valence-electron chi connectivity index (χ3n) is 3.20. The van der Waals surface area contributed by atoms with Gasteiger partial charge in [-0.2, -0.15) is 0 Å². The van der Waals surface area contributed by atoms with Gasteiger partial charge in [-0.05, 0) is 18.2 Å². The summed E-state index contributed by atoms with van der Waals surface area (Å²) in [6, 6.07) is 5.16. The quantitative estimate of drug-likeness (QED) is 0.777. The van der Waals surface area contributed by atoms with Crippen LogP contribution in [0.2, 0.25) is 0 Å². The van der Waals surface area contributed by atoms with E-state index in [9.17, 15) is 9.18 Å². The highest BCUT2D eigenvalue weighted by Crippen LogP contribution is 2.22. The molecule has 1 aromatic heterocycles. The Morgan fingerprint density at radius 2 is 2.33 bits per heavy atom. The molecule has 1 aromatic carbocycles. The number of rotatable bonds is 4. The molecular formula is C13H13FN2O2. The van der Waals surface area contributed by atoms with Gasteiger partial charge in [-0.25, -0.2) is 4.98 Å². The Kier molecular flexibility index (Phi) is 2.83. The van der Waals surface area contributed by atoms with Crippen molar-refractivity contribution in [1.29, 1.82) is 0 Å². The first-order valence-corrected chi connectivity index (χ1v) is 5.91. The van der Waals surface area contributed by atoms with Crippen molar-refractivity contribution in [2.45, 2.75) is 6.54 Å². The molecule has 0 amide bonds. The number of alkyl halides is 1. The molecule has 4 nitrogen and oxygen atoms in total. The van der Waals surface area contributed by atoms with Crippen molar-refractivity contribution in [2.24, 2.45) is 5.92 Å². The summed E-state index contributed by atoms with van der Waals surface area (Å²) in [5.41, 5.74) is 1.95. The molecule has 1 aliphatic heterocycles. The molecule has 2 aromatic rings. The molecule has 2 heterocycles. The molecule has 1 aliphatic rings. The molecule has 0 radical (unpaired) electrons. The number of nitrogens with zero attached hydrogens (tertiary/aromatic N) is 2. The fourth-order valence-corrected chi connectivity index (χ4v) is 2.22. The highest BCUT2D eigenvalue weighted by Gasteiger charge is 2.27. The van der Waals surface area contributed by atoms with Crippen LogP contribution in [0.5, 0.6) is 0 Å². The second kappa shape index (κ2) is 4.49. The number of carbonyl (C=O) groups is 1. The van der Waals surface area contributed by atoms with E-state index in [1.807, 2.05) is 0 Å². The molecule has 0 saturated carbocycles. The Morgan fingerprint density at radius 1 is 1.50 bits per heavy atom. The maximum Gasteiger partial charge on any atom is 0.209 e. The molecule has 0 unspecified atom stereocenters. The van der Waals surface area contributed by atoms with E-state index in [0.29, 0.717) is 23.6 Å². The Balaban J connectivity index is 1.75. The lowest BCUT2D eigenvalue weighted by Crippen LogP contribution is -2.46. The van der Waals surface area contributed by atoms with Crippen molar-refractivity contribution in [1.82, 2.24) is 9.88 Å². The number of aromatic nitrogens is 1. The van der Waals surface area contributed by atoms with Gasteiger partial charge < -0.3 is 4.42 Å². The summed E-state index contributed by atoms with van der Waals surface area (Å²) in [5, 5.41) is 0. The molecule has 18 heavy (non-hydrogen) atoms. The van der Waals surface area contributed by atoms with Crippen LogP contribution in [0.3, 0.4) is 0 Å². The standard InChI is InChI=1S/C13H13FN2O2/c14-4-10-5-16(6-10)7-13-15-11-2-1-9(8-17)3-12(11)18-13/h1-3,8,10H,4-7H2. The molecule has 5 heteroatoms. The molecule has 0 N–H and O–H groups in total. The number of halogens is 1. The van der Waals surface area contributed by atoms with Crippen molar-refractivity contribution >= 4 is 17.4 Å². The minimum atomic E-state index is -0.257. The average Bonchev–Trinajstić information content (AvgIpc) is 2.74. The van der Waals surface area contributed by atoms with E-state index in [1.165, 1.54) is 0 Å². The molecule has 0 aliphatic carbocycles. The molecule has 0 atom stereocenters. The van der Waals surface area contributed by atoms with Crippen molar-refractivity contribution in [3.63, 3.8) is 0 Å². The van der Waals surface area contributed by atoms with Gasteiger partial charge in [0.05, 0.1) is 13.2 Å². The molecule has 94 valence electrons. The van der Waals surface area contributed by atoms with E-state index in [4.69, 9.17) is 4.42 Å². The minimum absolute atomic E-state index is 0.163. The lowest BCUT2D eigenvalue weighted by molar-refractivity contribution is 0.0661. The zero-order chi connectivity index (χ0) is 12.5. The number of hydrogen-bond acceptors (Lipinski definition) is 4. The first kappa shape index (κ1) is 11.3. The third kappa shape index (κ3) is 2.01. The maximum atomic E-state index is 12.3. The topological polar surface area (TPSA) is 46.3 Å². The van der Waals surface area contributed by atoms with Crippen molar-refractivity contribution < 1.29 is 13.6 Å². The summed E-state index contributed by atoms with van der Waals surface area (Å²) in [6.07, 6.45) is 0.781. The van der Waals surface area contributed by atoms with Gasteiger partial charge in [-0.15, -0.1) is 0 Å². The first-order valence-electron chi connectivity index (χ1n) is 5.91. The lowest BCUT2D eigenvalue weighted by atomic mass is 10.0. The summed E-state index contributed by atoms with van der Waals surface area (Å²) >= 11 is 0. The van der Waals surface area contributed by atoms with Gasteiger partial charge in [0.25, 0.3) is 0 Å². The number of aldehydes is 1. The zero-order valence-corrected chi connectivity index (χ0v) is 9.80. The van der Waals surface area contributed by atoms with Crippen molar-refractivity contribution in [2.75, 3.05) is 19.8 Å². The van der Waals surface area contributed by atoms with E-state index < -0.39 is 0 Å². The van der Waals surface area contributed by atoms with Gasteiger partial charge in [-0.3, -0.25) is 14.1 Å². The predicted octanol–water partition coefficient (Wildman–Crippen LogP) is 2.04. The molecule has 0 spiro atoms. The van der Waals surface area contributed by atoms with E-state index in [2.05, 4.69) is 9.88 Å². The summed E-state index contributed by atoms with van der Waals surface area (Å²) in [7, 11) is 0. The van der Waals surface area contributed by atoms with Crippen LogP contribution in [0.1, 0.15) is 16.2 Å². The van der Waals surface area contributed by atoms with Crippen LogP contribution in [0.4, 0.5) is 4.39 Å². The minimum Gasteiger partial charge on any atom is -0.439 e. The van der Waals surface area contributed by atoms with Crippen LogP contribution in [0, 0.1) is 5.92 Å². The Morgan fingerprint density at radius 3 is 3.06 bits per heavy atom. The van der Waals surface area contributed by atoms with Crippen LogP contribution in [0.15, 0.2) is 22.6 Å². The van der Waals surface area contributed by atoms with E-state index in [0.717, 1.165) is 24.9 Å². The first-order chi connectivity index (χ1) is 8.78. The highest BCUT2D eigenvalue weighted by molar-refractivity contribution is 5.83. The SMILES string of the molecule is O=Cc1ccc2nc(CN3CC(CF)C3)oc2c1. The predicted molar refractivity (Wildman–Crippen MR) is 64.1 cm³/mol. The molecule has 1 fully saturated rings. The van der Waals surface area contributed by atoms with Crippen LogP contribution in [-0.4, -0.2) is 35.9 Å².